The van der Waals surface area contributed by atoms with Crippen LogP contribution in [0.3, 0.4) is 0 Å². The number of nitrogen functional groups attached to an aromatic ring is 1. The Hall–Kier alpha value is -4.00. The molecular weight excluding hydrogens is 378 g/mol. The molecule has 0 aliphatic rings. The van der Waals surface area contributed by atoms with Gasteiger partial charge in [-0.3, -0.25) is 14.2 Å². The van der Waals surface area contributed by atoms with Gasteiger partial charge >= 0.3 is 0 Å². The highest BCUT2D eigenvalue weighted by atomic mass is 16.1. The van der Waals surface area contributed by atoms with Crippen molar-refractivity contribution in [1.82, 2.24) is 19.9 Å². The molecule has 0 aliphatic heterocycles. The number of nitrogens with zero attached hydrogens (tertiary/aromatic N) is 3. The second-order valence-electron chi connectivity index (χ2n) is 7.04. The van der Waals surface area contributed by atoms with Crippen LogP contribution in [0.4, 0.5) is 5.82 Å². The molecule has 30 heavy (non-hydrogen) atoms. The Morgan fingerprint density at radius 3 is 2.63 bits per heavy atom. The van der Waals surface area contributed by atoms with Gasteiger partial charge in [0.05, 0.1) is 23.3 Å². The van der Waals surface area contributed by atoms with Crippen molar-refractivity contribution in [3.8, 4) is 11.1 Å². The summed E-state index contributed by atoms with van der Waals surface area (Å²) in [5.41, 5.74) is 9.46. The molecule has 4 rings (SSSR count). The number of carbonyl (C=O) groups is 1. The molecule has 0 fully saturated rings. The summed E-state index contributed by atoms with van der Waals surface area (Å²) in [6.07, 6.45) is 3.20. The van der Waals surface area contributed by atoms with E-state index in [4.69, 9.17) is 5.73 Å². The van der Waals surface area contributed by atoms with Crippen LogP contribution in [0.15, 0.2) is 71.9 Å². The van der Waals surface area contributed by atoms with E-state index in [1.165, 1.54) is 0 Å². The minimum absolute atomic E-state index is 0.140. The Kier molecular flexibility index (Phi) is 5.02. The molecule has 3 N–H and O–H groups in total. The molecule has 150 valence electrons. The van der Waals surface area contributed by atoms with Gasteiger partial charge < -0.3 is 11.1 Å². The average molecular weight is 399 g/mol. The highest BCUT2D eigenvalue weighted by Crippen LogP contribution is 2.24. The molecule has 1 amide bonds. The molecule has 0 radical (unpaired) electrons. The quantitative estimate of drug-likeness (QED) is 0.549. The summed E-state index contributed by atoms with van der Waals surface area (Å²) in [7, 11) is 1.59. The van der Waals surface area contributed by atoms with Crippen LogP contribution in [-0.2, 0) is 0 Å². The molecular formula is C23H21N5O2. The van der Waals surface area contributed by atoms with E-state index in [2.05, 4.69) is 15.3 Å². The van der Waals surface area contributed by atoms with E-state index >= 15 is 0 Å². The van der Waals surface area contributed by atoms with Crippen molar-refractivity contribution in [2.45, 2.75) is 13.0 Å². The second-order valence-corrected chi connectivity index (χ2v) is 7.04. The lowest BCUT2D eigenvalue weighted by molar-refractivity contribution is 0.0963. The average Bonchev–Trinajstić information content (AvgIpc) is 2.78. The van der Waals surface area contributed by atoms with Crippen molar-refractivity contribution in [2.24, 2.45) is 0 Å². The number of fused-ring (bicyclic) bond motifs is 1. The Labute approximate surface area is 173 Å². The van der Waals surface area contributed by atoms with Crippen LogP contribution in [-0.4, -0.2) is 27.5 Å². The number of hydrogen-bond acceptors (Lipinski definition) is 5. The number of anilines is 1. The van der Waals surface area contributed by atoms with Gasteiger partial charge in [-0.25, -0.2) is 9.97 Å². The largest absolute Gasteiger partial charge is 0.384 e. The van der Waals surface area contributed by atoms with E-state index < -0.39 is 0 Å². The Bertz CT molecular complexity index is 1310. The third kappa shape index (κ3) is 3.53. The summed E-state index contributed by atoms with van der Waals surface area (Å²) >= 11 is 0. The zero-order valence-corrected chi connectivity index (χ0v) is 16.7. The molecule has 1 unspecified atom stereocenters. The van der Waals surface area contributed by atoms with E-state index in [0.29, 0.717) is 22.3 Å². The van der Waals surface area contributed by atoms with Gasteiger partial charge in [0, 0.05) is 18.8 Å². The van der Waals surface area contributed by atoms with Crippen molar-refractivity contribution in [2.75, 3.05) is 12.8 Å². The van der Waals surface area contributed by atoms with E-state index in [9.17, 15) is 9.59 Å². The maximum absolute atomic E-state index is 13.1. The van der Waals surface area contributed by atoms with E-state index in [0.717, 1.165) is 16.7 Å². The van der Waals surface area contributed by atoms with Crippen LogP contribution in [0.1, 0.15) is 28.9 Å². The summed E-state index contributed by atoms with van der Waals surface area (Å²) in [4.78, 5) is 33.6. The first-order chi connectivity index (χ1) is 14.5. The normalized spacial score (nSPS) is 11.9. The highest BCUT2D eigenvalue weighted by molar-refractivity contribution is 5.94. The molecule has 2 aromatic heterocycles. The lowest BCUT2D eigenvalue weighted by Crippen LogP contribution is -2.25. The fourth-order valence-electron chi connectivity index (χ4n) is 3.46. The SMILES string of the molecule is CNC(=O)c1cccc(C(C)n2cnc3cc(-c4ccnc(N)c4)ccc3c2=O)c1. The number of pyridine rings is 1. The van der Waals surface area contributed by atoms with E-state index in [1.807, 2.05) is 37.3 Å². The van der Waals surface area contributed by atoms with Crippen LogP contribution in [0.5, 0.6) is 0 Å². The zero-order valence-electron chi connectivity index (χ0n) is 16.7. The first-order valence-corrected chi connectivity index (χ1v) is 9.53. The number of hydrogen-bond donors (Lipinski definition) is 2. The number of nitrogens with two attached hydrogens (primary N) is 1. The second kappa shape index (κ2) is 7.79. The number of amides is 1. The predicted octanol–water partition coefficient (Wildman–Crippen LogP) is 3.01. The van der Waals surface area contributed by atoms with Crippen LogP contribution in [0.2, 0.25) is 0 Å². The third-order valence-electron chi connectivity index (χ3n) is 5.17. The predicted molar refractivity (Wildman–Crippen MR) is 117 cm³/mol. The van der Waals surface area contributed by atoms with Crippen molar-refractivity contribution >= 4 is 22.6 Å². The number of aromatic nitrogens is 3. The van der Waals surface area contributed by atoms with Crippen LogP contribution in [0.25, 0.3) is 22.0 Å². The zero-order chi connectivity index (χ0) is 21.3. The van der Waals surface area contributed by atoms with Gasteiger partial charge in [0.2, 0.25) is 0 Å². The molecule has 0 spiro atoms. The molecule has 2 heterocycles. The fraction of sp³-hybridized carbons (Fsp3) is 0.130. The highest BCUT2D eigenvalue weighted by Gasteiger charge is 2.14. The smallest absolute Gasteiger partial charge is 0.261 e. The van der Waals surface area contributed by atoms with Gasteiger partial charge in [0.15, 0.2) is 0 Å². The lowest BCUT2D eigenvalue weighted by Gasteiger charge is -2.16. The Morgan fingerprint density at radius 1 is 1.07 bits per heavy atom. The molecule has 0 saturated carbocycles. The topological polar surface area (TPSA) is 103 Å². The van der Waals surface area contributed by atoms with Gasteiger partial charge in [-0.15, -0.1) is 0 Å². The minimum atomic E-state index is -0.279. The first-order valence-electron chi connectivity index (χ1n) is 9.53. The minimum Gasteiger partial charge on any atom is -0.384 e. The van der Waals surface area contributed by atoms with Crippen molar-refractivity contribution in [1.29, 1.82) is 0 Å². The summed E-state index contributed by atoms with van der Waals surface area (Å²) in [5, 5.41) is 3.14. The number of rotatable bonds is 4. The van der Waals surface area contributed by atoms with Gasteiger partial charge in [0.1, 0.15) is 5.82 Å². The summed E-state index contributed by atoms with van der Waals surface area (Å²) in [6.45, 7) is 1.91. The van der Waals surface area contributed by atoms with Crippen LogP contribution in [0, 0.1) is 0 Å². The molecule has 4 aromatic rings. The third-order valence-corrected chi connectivity index (χ3v) is 5.17. The molecule has 7 heteroatoms. The Morgan fingerprint density at radius 2 is 1.87 bits per heavy atom. The van der Waals surface area contributed by atoms with Gasteiger partial charge in [-0.1, -0.05) is 18.2 Å². The standard InChI is InChI=1S/C23H21N5O2/c1-14(15-4-3-5-18(10-15)22(29)25-2)28-13-27-20-11-16(6-7-19(20)23(28)30)17-8-9-26-21(24)12-17/h3-14H,1-2H3,(H2,24,26)(H,25,29). The molecule has 0 aliphatic carbocycles. The molecule has 0 bridgehead atoms. The summed E-state index contributed by atoms with van der Waals surface area (Å²) < 4.78 is 1.58. The molecule has 7 nitrogen and oxygen atoms in total. The number of benzene rings is 2. The molecule has 1 atom stereocenters. The number of nitrogens with one attached hydrogen (secondary N) is 1. The number of carbonyl (C=O) groups excluding carboxylic acids is 1. The van der Waals surface area contributed by atoms with Gasteiger partial charge in [0.25, 0.3) is 11.5 Å². The van der Waals surface area contributed by atoms with E-state index in [-0.39, 0.29) is 17.5 Å². The summed E-state index contributed by atoms with van der Waals surface area (Å²) in [5.74, 6) is 0.265. The van der Waals surface area contributed by atoms with Crippen molar-refractivity contribution < 1.29 is 4.79 Å². The van der Waals surface area contributed by atoms with Crippen molar-refractivity contribution in [3.05, 3.63) is 88.6 Å². The molecule has 2 aromatic carbocycles. The Balaban J connectivity index is 1.74. The maximum Gasteiger partial charge on any atom is 0.261 e. The van der Waals surface area contributed by atoms with Crippen LogP contribution >= 0.6 is 0 Å². The first kappa shape index (κ1) is 19.3. The fourth-order valence-corrected chi connectivity index (χ4v) is 3.46. The van der Waals surface area contributed by atoms with Gasteiger partial charge in [-0.2, -0.15) is 0 Å². The van der Waals surface area contributed by atoms with Gasteiger partial charge in [-0.05, 0) is 60.0 Å². The van der Waals surface area contributed by atoms with E-state index in [1.54, 1.807) is 48.4 Å². The van der Waals surface area contributed by atoms with Crippen LogP contribution < -0.4 is 16.6 Å². The lowest BCUT2D eigenvalue weighted by atomic mass is 10.0. The monoisotopic (exact) mass is 399 g/mol. The van der Waals surface area contributed by atoms with Crippen molar-refractivity contribution in [3.63, 3.8) is 0 Å². The molecule has 0 saturated heterocycles. The summed E-state index contributed by atoms with van der Waals surface area (Å²) in [6, 6.07) is 16.1. The maximum atomic E-state index is 13.1.